The molecular formula is C27H30FN3O4S2. The number of thiophene rings is 1. The van der Waals surface area contributed by atoms with Crippen molar-refractivity contribution in [1.29, 1.82) is 0 Å². The van der Waals surface area contributed by atoms with E-state index in [-0.39, 0.29) is 35.8 Å². The Morgan fingerprint density at radius 1 is 1.05 bits per heavy atom. The molecule has 1 aromatic heterocycles. The highest BCUT2D eigenvalue weighted by Gasteiger charge is 2.32. The number of methoxy groups -OCH3 is 1. The summed E-state index contributed by atoms with van der Waals surface area (Å²) in [6.45, 7) is 2.59. The Morgan fingerprint density at radius 2 is 1.81 bits per heavy atom. The molecule has 0 saturated carbocycles. The fraction of sp³-hybridized carbons (Fsp3) is 0.370. The number of hydrogen-bond acceptors (Lipinski definition) is 6. The number of rotatable bonds is 7. The van der Waals surface area contributed by atoms with Crippen LogP contribution in [0.4, 0.5) is 4.39 Å². The van der Waals surface area contributed by atoms with E-state index in [1.807, 2.05) is 6.07 Å². The Labute approximate surface area is 221 Å². The predicted octanol–water partition coefficient (Wildman–Crippen LogP) is 3.77. The first-order chi connectivity index (χ1) is 17.9. The summed E-state index contributed by atoms with van der Waals surface area (Å²) < 4.78 is 46.6. The second kappa shape index (κ2) is 10.9. The number of benzene rings is 2. The van der Waals surface area contributed by atoms with Crippen LogP contribution in [-0.2, 0) is 21.2 Å². The number of sulfonamides is 1. The molecule has 1 amide bonds. The van der Waals surface area contributed by atoms with Gasteiger partial charge in [-0.25, -0.2) is 12.8 Å². The third kappa shape index (κ3) is 5.43. The van der Waals surface area contributed by atoms with E-state index in [0.717, 1.165) is 18.5 Å². The van der Waals surface area contributed by atoms with Crippen molar-refractivity contribution in [2.45, 2.75) is 23.8 Å². The zero-order valence-electron chi connectivity index (χ0n) is 20.7. The van der Waals surface area contributed by atoms with Crippen molar-refractivity contribution in [1.82, 2.24) is 14.1 Å². The first-order valence-electron chi connectivity index (χ1n) is 12.3. The molecule has 196 valence electrons. The van der Waals surface area contributed by atoms with E-state index >= 15 is 0 Å². The van der Waals surface area contributed by atoms with Crippen LogP contribution < -0.4 is 4.74 Å². The van der Waals surface area contributed by atoms with Gasteiger partial charge in [0.25, 0.3) is 0 Å². The molecule has 1 atom stereocenters. The molecule has 0 spiro atoms. The SMILES string of the molecule is COc1ccc(S(=O)(=O)N2CCN(C(=O)CCN3CCc4sccc4C3c3cccc(F)c3)CC2)cc1. The quantitative estimate of drug-likeness (QED) is 0.454. The summed E-state index contributed by atoms with van der Waals surface area (Å²) >= 11 is 1.72. The van der Waals surface area contributed by atoms with Gasteiger partial charge >= 0.3 is 0 Å². The molecule has 0 radical (unpaired) electrons. The van der Waals surface area contributed by atoms with Gasteiger partial charge in [0.05, 0.1) is 18.0 Å². The average Bonchev–Trinajstić information content (AvgIpc) is 3.40. The van der Waals surface area contributed by atoms with Gasteiger partial charge in [-0.2, -0.15) is 4.31 Å². The standard InChI is InChI=1S/C27H30FN3O4S2/c1-35-22-5-7-23(8-6-22)37(33,34)31-16-14-29(15-17-31)26(32)10-13-30-12-9-25-24(11-18-36-25)27(30)20-3-2-4-21(28)19-20/h2-8,11,18-19,27H,9-10,12-17H2,1H3. The first-order valence-corrected chi connectivity index (χ1v) is 14.7. The molecule has 2 aliphatic rings. The third-order valence-electron chi connectivity index (χ3n) is 7.13. The molecule has 1 fully saturated rings. The number of carbonyl (C=O) groups excluding carboxylic acids is 1. The number of fused-ring (bicyclic) bond motifs is 1. The van der Waals surface area contributed by atoms with Crippen molar-refractivity contribution in [3.05, 3.63) is 81.8 Å². The smallest absolute Gasteiger partial charge is 0.243 e. The molecule has 3 aromatic rings. The average molecular weight is 544 g/mol. The number of amides is 1. The second-order valence-electron chi connectivity index (χ2n) is 9.25. The van der Waals surface area contributed by atoms with Crippen LogP contribution in [0.2, 0.25) is 0 Å². The van der Waals surface area contributed by atoms with E-state index in [9.17, 15) is 17.6 Å². The number of hydrogen-bond donors (Lipinski definition) is 0. The van der Waals surface area contributed by atoms with Crippen molar-refractivity contribution in [2.24, 2.45) is 0 Å². The fourth-order valence-electron chi connectivity index (χ4n) is 5.15. The highest BCUT2D eigenvalue weighted by molar-refractivity contribution is 7.89. The monoisotopic (exact) mass is 543 g/mol. The highest BCUT2D eigenvalue weighted by Crippen LogP contribution is 2.38. The summed E-state index contributed by atoms with van der Waals surface area (Å²) in [5.74, 6) is 0.340. The summed E-state index contributed by atoms with van der Waals surface area (Å²) in [4.78, 5) is 18.6. The van der Waals surface area contributed by atoms with Crippen LogP contribution in [0.15, 0.2) is 64.9 Å². The Hall–Kier alpha value is -2.79. The molecule has 0 N–H and O–H groups in total. The van der Waals surface area contributed by atoms with Gasteiger partial charge in [0.2, 0.25) is 15.9 Å². The molecule has 0 aliphatic carbocycles. The lowest BCUT2D eigenvalue weighted by atomic mass is 9.93. The molecular weight excluding hydrogens is 513 g/mol. The maximum atomic E-state index is 14.0. The largest absolute Gasteiger partial charge is 0.497 e. The minimum Gasteiger partial charge on any atom is -0.497 e. The zero-order valence-corrected chi connectivity index (χ0v) is 22.3. The van der Waals surface area contributed by atoms with E-state index in [1.165, 1.54) is 40.1 Å². The maximum Gasteiger partial charge on any atom is 0.243 e. The Kier molecular flexibility index (Phi) is 7.62. The molecule has 3 heterocycles. The van der Waals surface area contributed by atoms with Crippen LogP contribution in [-0.4, -0.2) is 74.8 Å². The van der Waals surface area contributed by atoms with Gasteiger partial charge in [0.15, 0.2) is 0 Å². The van der Waals surface area contributed by atoms with Crippen molar-refractivity contribution >= 4 is 27.3 Å². The fourth-order valence-corrected chi connectivity index (χ4v) is 7.47. The third-order valence-corrected chi connectivity index (χ3v) is 10.0. The Balaban J connectivity index is 1.20. The van der Waals surface area contributed by atoms with Crippen LogP contribution in [0, 0.1) is 5.82 Å². The van der Waals surface area contributed by atoms with Crippen molar-refractivity contribution < 1.29 is 22.3 Å². The van der Waals surface area contributed by atoms with Crippen molar-refractivity contribution in [3.8, 4) is 5.75 Å². The van der Waals surface area contributed by atoms with E-state index in [1.54, 1.807) is 40.5 Å². The predicted molar refractivity (Wildman–Crippen MR) is 141 cm³/mol. The number of piperazine rings is 1. The van der Waals surface area contributed by atoms with E-state index in [2.05, 4.69) is 16.3 Å². The van der Waals surface area contributed by atoms with E-state index in [0.29, 0.717) is 31.8 Å². The molecule has 37 heavy (non-hydrogen) atoms. The first kappa shape index (κ1) is 25.8. The number of nitrogens with zero attached hydrogens (tertiary/aromatic N) is 3. The van der Waals surface area contributed by atoms with Crippen LogP contribution in [0.1, 0.15) is 28.5 Å². The Morgan fingerprint density at radius 3 is 2.51 bits per heavy atom. The zero-order chi connectivity index (χ0) is 26.0. The summed E-state index contributed by atoms with van der Waals surface area (Å²) in [7, 11) is -2.09. The molecule has 1 unspecified atom stereocenters. The molecule has 2 aliphatic heterocycles. The number of ether oxygens (including phenoxy) is 1. The minimum absolute atomic E-state index is 0.00982. The van der Waals surface area contributed by atoms with Gasteiger partial charge in [-0.05, 0) is 65.4 Å². The van der Waals surface area contributed by atoms with Crippen LogP contribution in [0.3, 0.4) is 0 Å². The van der Waals surface area contributed by atoms with Gasteiger partial charge in [0.1, 0.15) is 11.6 Å². The summed E-state index contributed by atoms with van der Waals surface area (Å²) in [5, 5.41) is 2.07. The molecule has 5 rings (SSSR count). The second-order valence-corrected chi connectivity index (χ2v) is 12.2. The van der Waals surface area contributed by atoms with Crippen molar-refractivity contribution in [2.75, 3.05) is 46.4 Å². The highest BCUT2D eigenvalue weighted by atomic mass is 32.2. The Bertz CT molecular complexity index is 1350. The molecule has 1 saturated heterocycles. The molecule has 0 bridgehead atoms. The van der Waals surface area contributed by atoms with Crippen LogP contribution in [0.5, 0.6) is 5.75 Å². The molecule has 10 heteroatoms. The van der Waals surface area contributed by atoms with Gasteiger partial charge in [-0.1, -0.05) is 12.1 Å². The topological polar surface area (TPSA) is 70.2 Å². The van der Waals surface area contributed by atoms with E-state index in [4.69, 9.17) is 4.74 Å². The minimum atomic E-state index is -3.63. The lowest BCUT2D eigenvalue weighted by Gasteiger charge is -2.37. The molecule has 2 aromatic carbocycles. The lowest BCUT2D eigenvalue weighted by Crippen LogP contribution is -2.51. The lowest BCUT2D eigenvalue weighted by molar-refractivity contribution is -0.132. The van der Waals surface area contributed by atoms with Gasteiger partial charge in [0, 0.05) is 50.6 Å². The molecule has 7 nitrogen and oxygen atoms in total. The van der Waals surface area contributed by atoms with Gasteiger partial charge in [-0.3, -0.25) is 9.69 Å². The summed E-state index contributed by atoms with van der Waals surface area (Å²) in [6, 6.07) is 15.1. The maximum absolute atomic E-state index is 14.0. The van der Waals surface area contributed by atoms with Crippen LogP contribution >= 0.6 is 11.3 Å². The number of halogens is 1. The van der Waals surface area contributed by atoms with Gasteiger partial charge < -0.3 is 9.64 Å². The van der Waals surface area contributed by atoms with E-state index < -0.39 is 10.0 Å². The van der Waals surface area contributed by atoms with Gasteiger partial charge in [-0.15, -0.1) is 11.3 Å². The summed E-state index contributed by atoms with van der Waals surface area (Å²) in [6.07, 6.45) is 1.24. The normalized spacial score (nSPS) is 19.0. The van der Waals surface area contributed by atoms with Crippen molar-refractivity contribution in [3.63, 3.8) is 0 Å². The summed E-state index contributed by atoms with van der Waals surface area (Å²) in [5.41, 5.74) is 2.08. The van der Waals surface area contributed by atoms with Crippen LogP contribution in [0.25, 0.3) is 0 Å². The number of carbonyl (C=O) groups is 1.